The normalized spacial score (nSPS) is 19.6. The van der Waals surface area contributed by atoms with Gasteiger partial charge in [0.05, 0.1) is 17.3 Å². The molecule has 5 heterocycles. The van der Waals surface area contributed by atoms with E-state index in [-0.39, 0.29) is 22.6 Å². The number of likely N-dealkylation sites (tertiary alicyclic amines) is 1. The van der Waals surface area contributed by atoms with Crippen LogP contribution in [0, 0.1) is 11.8 Å². The summed E-state index contributed by atoms with van der Waals surface area (Å²) in [6.45, 7) is 3.06. The summed E-state index contributed by atoms with van der Waals surface area (Å²) >= 11 is 0. The van der Waals surface area contributed by atoms with E-state index < -0.39 is 17.7 Å². The van der Waals surface area contributed by atoms with Crippen LogP contribution < -0.4 is 15.8 Å². The number of nitrogens with zero attached hydrogens (tertiary/aromatic N) is 4. The lowest BCUT2D eigenvalue weighted by molar-refractivity contribution is 0.0957. The smallest absolute Gasteiger partial charge is 0.269 e. The number of H-pyrrole nitrogens is 1. The third-order valence-corrected chi connectivity index (χ3v) is 7.01. The number of carbonyl (C=O) groups is 1. The summed E-state index contributed by atoms with van der Waals surface area (Å²) in [7, 11) is 1.48. The summed E-state index contributed by atoms with van der Waals surface area (Å²) in [5.41, 5.74) is 0.913. The molecule has 1 amide bonds. The van der Waals surface area contributed by atoms with E-state index in [0.29, 0.717) is 30.2 Å². The number of nitrogens with one attached hydrogen (secondary N) is 2. The standard InChI is InChI=1S/C24H26F2N6O2/c1-27-24(34)19-2-3-21(22(26)29-19)31-8-5-15(6-9-31)32-7-4-14(13-32)20-10-16-17(23(33)30-20)11-28-12-18(16)25/h2-3,10-12,14-15H,4-9,13H2,1H3,(H,27,34)(H,30,33). The number of anilines is 1. The Kier molecular flexibility index (Phi) is 5.99. The van der Waals surface area contributed by atoms with Crippen LogP contribution in [0.15, 0.2) is 35.4 Å². The van der Waals surface area contributed by atoms with Gasteiger partial charge in [0.2, 0.25) is 5.95 Å². The van der Waals surface area contributed by atoms with E-state index in [0.717, 1.165) is 44.2 Å². The molecule has 2 N–H and O–H groups in total. The molecular weight excluding hydrogens is 442 g/mol. The van der Waals surface area contributed by atoms with Crippen molar-refractivity contribution in [2.24, 2.45) is 0 Å². The second kappa shape index (κ2) is 9.09. The van der Waals surface area contributed by atoms with E-state index in [1.54, 1.807) is 12.1 Å². The summed E-state index contributed by atoms with van der Waals surface area (Å²) < 4.78 is 28.7. The fraction of sp³-hybridized carbons (Fsp3) is 0.417. The lowest BCUT2D eigenvalue weighted by Gasteiger charge is -2.37. The van der Waals surface area contributed by atoms with Gasteiger partial charge in [0.15, 0.2) is 0 Å². The van der Waals surface area contributed by atoms with E-state index in [1.165, 1.54) is 19.3 Å². The van der Waals surface area contributed by atoms with Crippen molar-refractivity contribution >= 4 is 22.4 Å². The Hall–Kier alpha value is -3.40. The van der Waals surface area contributed by atoms with Crippen LogP contribution in [0.25, 0.3) is 10.8 Å². The first kappa shape index (κ1) is 22.4. The molecule has 1 atom stereocenters. The summed E-state index contributed by atoms with van der Waals surface area (Å²) in [6, 6.07) is 5.25. The van der Waals surface area contributed by atoms with Crippen LogP contribution in [-0.2, 0) is 0 Å². The highest BCUT2D eigenvalue weighted by Gasteiger charge is 2.32. The maximum absolute atomic E-state index is 14.5. The van der Waals surface area contributed by atoms with Gasteiger partial charge >= 0.3 is 0 Å². The first-order chi connectivity index (χ1) is 16.4. The van der Waals surface area contributed by atoms with Gasteiger partial charge in [0.25, 0.3) is 11.5 Å². The largest absolute Gasteiger partial charge is 0.368 e. The monoisotopic (exact) mass is 468 g/mol. The van der Waals surface area contributed by atoms with Crippen molar-refractivity contribution in [1.29, 1.82) is 0 Å². The third kappa shape index (κ3) is 4.13. The van der Waals surface area contributed by atoms with Crippen LogP contribution in [0.1, 0.15) is 41.4 Å². The quantitative estimate of drug-likeness (QED) is 0.572. The number of hydrogen-bond acceptors (Lipinski definition) is 6. The van der Waals surface area contributed by atoms with Crippen molar-refractivity contribution < 1.29 is 13.6 Å². The summed E-state index contributed by atoms with van der Waals surface area (Å²) in [6.07, 6.45) is 5.15. The Morgan fingerprint density at radius 2 is 1.91 bits per heavy atom. The van der Waals surface area contributed by atoms with Crippen LogP contribution in [0.3, 0.4) is 0 Å². The Bertz CT molecular complexity index is 1290. The Morgan fingerprint density at radius 3 is 2.65 bits per heavy atom. The molecule has 0 aliphatic carbocycles. The summed E-state index contributed by atoms with van der Waals surface area (Å²) in [5.74, 6) is -1.41. The minimum Gasteiger partial charge on any atom is -0.368 e. The molecule has 0 aromatic carbocycles. The molecule has 3 aromatic rings. The number of piperidine rings is 1. The average Bonchev–Trinajstić information content (AvgIpc) is 3.34. The van der Waals surface area contributed by atoms with Crippen molar-refractivity contribution in [1.82, 2.24) is 25.2 Å². The molecule has 3 aromatic heterocycles. The SMILES string of the molecule is CNC(=O)c1ccc(N2CCC(N3CCC(c4cc5c(F)cncc5c(=O)[nH]4)C3)CC2)c(F)n1. The van der Waals surface area contributed by atoms with Gasteiger partial charge in [-0.05, 0) is 44.0 Å². The van der Waals surface area contributed by atoms with E-state index >= 15 is 0 Å². The number of aromatic amines is 1. The predicted molar refractivity (Wildman–Crippen MR) is 124 cm³/mol. The highest BCUT2D eigenvalue weighted by Crippen LogP contribution is 2.32. The molecule has 0 saturated carbocycles. The molecule has 0 bridgehead atoms. The number of aromatic nitrogens is 3. The number of hydrogen-bond donors (Lipinski definition) is 2. The molecule has 5 rings (SSSR count). The first-order valence-corrected chi connectivity index (χ1v) is 11.5. The number of carbonyl (C=O) groups excluding carboxylic acids is 1. The number of halogens is 2. The van der Waals surface area contributed by atoms with Crippen molar-refractivity contribution in [2.45, 2.75) is 31.2 Å². The van der Waals surface area contributed by atoms with Gasteiger partial charge in [-0.15, -0.1) is 0 Å². The molecule has 2 fully saturated rings. The molecule has 2 saturated heterocycles. The van der Waals surface area contributed by atoms with Crippen molar-refractivity contribution in [3.63, 3.8) is 0 Å². The number of fused-ring (bicyclic) bond motifs is 1. The molecule has 2 aliphatic rings. The minimum absolute atomic E-state index is 0.0598. The van der Waals surface area contributed by atoms with E-state index in [4.69, 9.17) is 0 Å². The number of amides is 1. The first-order valence-electron chi connectivity index (χ1n) is 11.5. The fourth-order valence-electron chi connectivity index (χ4n) is 5.14. The minimum atomic E-state index is -0.636. The zero-order valence-corrected chi connectivity index (χ0v) is 18.9. The van der Waals surface area contributed by atoms with Crippen molar-refractivity contribution in [3.8, 4) is 0 Å². The average molecular weight is 469 g/mol. The van der Waals surface area contributed by atoms with Gasteiger partial charge in [-0.3, -0.25) is 19.5 Å². The molecule has 2 aliphatic heterocycles. The number of pyridine rings is 3. The zero-order valence-electron chi connectivity index (χ0n) is 18.9. The van der Waals surface area contributed by atoms with Crippen molar-refractivity contribution in [2.75, 3.05) is 38.1 Å². The van der Waals surface area contributed by atoms with Gasteiger partial charge in [0.1, 0.15) is 11.5 Å². The van der Waals surface area contributed by atoms with E-state index in [1.807, 2.05) is 4.90 Å². The van der Waals surface area contributed by atoms with Crippen LogP contribution in [0.2, 0.25) is 0 Å². The van der Waals surface area contributed by atoms with Crippen LogP contribution in [0.5, 0.6) is 0 Å². The van der Waals surface area contributed by atoms with Gasteiger partial charge in [0, 0.05) is 55.9 Å². The van der Waals surface area contributed by atoms with Crippen LogP contribution in [-0.4, -0.2) is 65.0 Å². The number of rotatable bonds is 4. The maximum atomic E-state index is 14.5. The molecular formula is C24H26F2N6O2. The Balaban J connectivity index is 1.23. The van der Waals surface area contributed by atoms with Crippen LogP contribution in [0.4, 0.5) is 14.5 Å². The lowest BCUT2D eigenvalue weighted by atomic mass is 10.0. The van der Waals surface area contributed by atoms with Gasteiger partial charge in [-0.25, -0.2) is 9.37 Å². The maximum Gasteiger partial charge on any atom is 0.269 e. The molecule has 34 heavy (non-hydrogen) atoms. The topological polar surface area (TPSA) is 94.2 Å². The lowest BCUT2D eigenvalue weighted by Crippen LogP contribution is -2.44. The molecule has 0 spiro atoms. The molecule has 0 radical (unpaired) electrons. The highest BCUT2D eigenvalue weighted by molar-refractivity contribution is 5.92. The second-order valence-corrected chi connectivity index (χ2v) is 8.92. The Morgan fingerprint density at radius 1 is 1.12 bits per heavy atom. The molecule has 178 valence electrons. The molecule has 1 unspecified atom stereocenters. The predicted octanol–water partition coefficient (Wildman–Crippen LogP) is 2.41. The van der Waals surface area contributed by atoms with E-state index in [9.17, 15) is 18.4 Å². The van der Waals surface area contributed by atoms with Gasteiger partial charge < -0.3 is 15.2 Å². The van der Waals surface area contributed by atoms with Crippen LogP contribution >= 0.6 is 0 Å². The fourth-order valence-corrected chi connectivity index (χ4v) is 5.14. The summed E-state index contributed by atoms with van der Waals surface area (Å²) in [4.78, 5) is 39.0. The molecule has 8 nitrogen and oxygen atoms in total. The van der Waals surface area contributed by atoms with Crippen molar-refractivity contribution in [3.05, 3.63) is 64.1 Å². The third-order valence-electron chi connectivity index (χ3n) is 7.01. The van der Waals surface area contributed by atoms with E-state index in [2.05, 4.69) is 25.2 Å². The zero-order chi connectivity index (χ0) is 23.8. The second-order valence-electron chi connectivity index (χ2n) is 8.92. The van der Waals surface area contributed by atoms with Gasteiger partial charge in [-0.1, -0.05) is 0 Å². The summed E-state index contributed by atoms with van der Waals surface area (Å²) in [5, 5.41) is 3.01. The van der Waals surface area contributed by atoms with Gasteiger partial charge in [-0.2, -0.15) is 4.39 Å². The molecule has 10 heteroatoms. The Labute approximate surface area is 195 Å². The highest BCUT2D eigenvalue weighted by atomic mass is 19.1.